The quantitative estimate of drug-likeness (QED) is 0.819. The fraction of sp³-hybridized carbons (Fsp3) is 0.500. The zero-order valence-corrected chi connectivity index (χ0v) is 15.8. The van der Waals surface area contributed by atoms with Gasteiger partial charge < -0.3 is 25.0 Å². The molecule has 2 atom stereocenters. The normalized spacial score (nSPS) is 27.3. The SMILES string of the molecule is C[C@H]1COc2c(N3CC(C)(N)C4(CC4)C3)c(F)cc3c(=O)c(C(=O)O)cn1c23. The molecule has 1 unspecified atom stereocenters. The second kappa shape index (κ2) is 5.26. The number of hydrogen-bond acceptors (Lipinski definition) is 5. The summed E-state index contributed by atoms with van der Waals surface area (Å²) in [5.41, 5.74) is 5.78. The summed E-state index contributed by atoms with van der Waals surface area (Å²) in [5.74, 6) is -1.61. The molecular formula is C20H22FN3O4. The standard InChI is InChI=1S/C20H22FN3O4/c1-10-7-28-17-14-11(16(25)12(18(26)27)6-24(10)14)5-13(21)15(17)23-8-19(2,22)20(9-23)3-4-20/h5-6,10H,3-4,7-9,22H2,1-2H3,(H,26,27)/t10-,19?/m0/s1. The van der Waals surface area contributed by atoms with E-state index in [1.807, 2.05) is 18.7 Å². The maximum absolute atomic E-state index is 15.3. The Labute approximate surface area is 160 Å². The first kappa shape index (κ1) is 17.5. The van der Waals surface area contributed by atoms with Crippen molar-refractivity contribution < 1.29 is 19.0 Å². The molecule has 1 spiro atoms. The van der Waals surface area contributed by atoms with Crippen molar-refractivity contribution in [3.05, 3.63) is 33.9 Å². The number of benzene rings is 1. The molecule has 0 bridgehead atoms. The maximum Gasteiger partial charge on any atom is 0.341 e. The number of carboxylic acid groups (broad SMARTS) is 1. The molecule has 1 saturated carbocycles. The molecule has 2 aliphatic heterocycles. The first-order valence-corrected chi connectivity index (χ1v) is 9.46. The molecule has 2 fully saturated rings. The van der Waals surface area contributed by atoms with E-state index in [1.54, 1.807) is 4.57 Å². The zero-order valence-electron chi connectivity index (χ0n) is 15.8. The molecule has 148 valence electrons. The Morgan fingerprint density at radius 1 is 1.39 bits per heavy atom. The number of carbonyl (C=O) groups is 1. The molecule has 2 aromatic rings. The van der Waals surface area contributed by atoms with Gasteiger partial charge in [0.15, 0.2) is 11.6 Å². The summed E-state index contributed by atoms with van der Waals surface area (Å²) in [6, 6.07) is 0.965. The number of aromatic nitrogens is 1. The third kappa shape index (κ3) is 2.12. The van der Waals surface area contributed by atoms with Crippen molar-refractivity contribution >= 4 is 22.6 Å². The lowest BCUT2D eigenvalue weighted by Gasteiger charge is -2.31. The lowest BCUT2D eigenvalue weighted by Crippen LogP contribution is -2.45. The summed E-state index contributed by atoms with van der Waals surface area (Å²) >= 11 is 0. The van der Waals surface area contributed by atoms with Gasteiger partial charge in [-0.15, -0.1) is 0 Å². The summed E-state index contributed by atoms with van der Waals surface area (Å²) in [4.78, 5) is 26.1. The van der Waals surface area contributed by atoms with Gasteiger partial charge in [-0.25, -0.2) is 9.18 Å². The van der Waals surface area contributed by atoms with Crippen LogP contribution in [0.4, 0.5) is 10.1 Å². The first-order chi connectivity index (χ1) is 13.2. The molecule has 5 rings (SSSR count). The molecule has 1 aromatic heterocycles. The Morgan fingerprint density at radius 2 is 2.11 bits per heavy atom. The van der Waals surface area contributed by atoms with Gasteiger partial charge in [0.2, 0.25) is 5.43 Å². The van der Waals surface area contributed by atoms with Gasteiger partial charge in [-0.2, -0.15) is 0 Å². The molecule has 1 aromatic carbocycles. The molecule has 0 amide bonds. The smallest absolute Gasteiger partial charge is 0.341 e. The first-order valence-electron chi connectivity index (χ1n) is 9.46. The minimum Gasteiger partial charge on any atom is -0.487 e. The largest absolute Gasteiger partial charge is 0.487 e. The molecule has 8 heteroatoms. The van der Waals surface area contributed by atoms with Gasteiger partial charge in [-0.1, -0.05) is 0 Å². The van der Waals surface area contributed by atoms with Crippen LogP contribution < -0.4 is 20.8 Å². The summed E-state index contributed by atoms with van der Waals surface area (Å²) in [5, 5.41) is 9.40. The van der Waals surface area contributed by atoms with E-state index in [0.717, 1.165) is 18.9 Å². The number of anilines is 1. The van der Waals surface area contributed by atoms with Crippen LogP contribution in [0.5, 0.6) is 5.75 Å². The number of ether oxygens (including phenoxy) is 1. The predicted molar refractivity (Wildman–Crippen MR) is 102 cm³/mol. The summed E-state index contributed by atoms with van der Waals surface area (Å²) in [7, 11) is 0. The minimum absolute atomic E-state index is 0.00406. The highest BCUT2D eigenvalue weighted by Gasteiger charge is 2.61. The number of hydrogen-bond donors (Lipinski definition) is 2. The highest BCUT2D eigenvalue weighted by Crippen LogP contribution is 2.59. The zero-order chi connectivity index (χ0) is 20.0. The molecule has 0 radical (unpaired) electrons. The summed E-state index contributed by atoms with van der Waals surface area (Å²) in [6.07, 6.45) is 3.38. The lowest BCUT2D eigenvalue weighted by atomic mass is 9.87. The van der Waals surface area contributed by atoms with Crippen LogP contribution in [0.3, 0.4) is 0 Å². The highest BCUT2D eigenvalue weighted by molar-refractivity contribution is 5.97. The van der Waals surface area contributed by atoms with Crippen LogP contribution in [0, 0.1) is 11.2 Å². The molecule has 1 saturated heterocycles. The number of nitrogens with zero attached hydrogens (tertiary/aromatic N) is 2. The second-order valence-corrected chi connectivity index (χ2v) is 8.73. The van der Waals surface area contributed by atoms with Crippen LogP contribution >= 0.6 is 0 Å². The van der Waals surface area contributed by atoms with E-state index in [0.29, 0.717) is 30.0 Å². The van der Waals surface area contributed by atoms with E-state index in [9.17, 15) is 14.7 Å². The Hall–Kier alpha value is -2.61. The molecule has 3 aliphatic rings. The van der Waals surface area contributed by atoms with Crippen LogP contribution in [0.2, 0.25) is 0 Å². The molecular weight excluding hydrogens is 365 g/mol. The van der Waals surface area contributed by atoms with Crippen molar-refractivity contribution in [2.45, 2.75) is 38.3 Å². The van der Waals surface area contributed by atoms with E-state index >= 15 is 4.39 Å². The average molecular weight is 387 g/mol. The summed E-state index contributed by atoms with van der Waals surface area (Å²) in [6.45, 7) is 5.28. The fourth-order valence-corrected chi connectivity index (χ4v) is 4.86. The summed E-state index contributed by atoms with van der Waals surface area (Å²) < 4.78 is 22.9. The lowest BCUT2D eigenvalue weighted by molar-refractivity contribution is 0.0694. The van der Waals surface area contributed by atoms with Gasteiger partial charge in [0.1, 0.15) is 17.9 Å². The van der Waals surface area contributed by atoms with Gasteiger partial charge >= 0.3 is 5.97 Å². The molecule has 7 nitrogen and oxygen atoms in total. The average Bonchev–Trinajstić information content (AvgIpc) is 3.34. The number of rotatable bonds is 2. The van der Waals surface area contributed by atoms with Crippen LogP contribution in [0.1, 0.15) is 43.1 Å². The number of aromatic carboxylic acids is 1. The minimum atomic E-state index is -1.32. The van der Waals surface area contributed by atoms with Crippen molar-refractivity contribution in [2.24, 2.45) is 11.1 Å². The Balaban J connectivity index is 1.78. The fourth-order valence-electron chi connectivity index (χ4n) is 4.86. The van der Waals surface area contributed by atoms with E-state index in [2.05, 4.69) is 0 Å². The molecule has 1 aliphatic carbocycles. The van der Waals surface area contributed by atoms with Crippen molar-refractivity contribution in [1.29, 1.82) is 0 Å². The number of nitrogens with two attached hydrogens (primary N) is 1. The number of carboxylic acids is 1. The van der Waals surface area contributed by atoms with Gasteiger partial charge in [-0.3, -0.25) is 4.79 Å². The third-order valence-corrected chi connectivity index (χ3v) is 6.77. The number of pyridine rings is 1. The Bertz CT molecular complexity index is 1100. The Kier molecular flexibility index (Phi) is 3.28. The van der Waals surface area contributed by atoms with Gasteiger partial charge in [0.05, 0.1) is 16.9 Å². The number of halogens is 1. The van der Waals surface area contributed by atoms with Gasteiger partial charge in [0.25, 0.3) is 0 Å². The van der Waals surface area contributed by atoms with Gasteiger partial charge in [-0.05, 0) is 32.8 Å². The predicted octanol–water partition coefficient (Wildman–Crippen LogP) is 2.11. The van der Waals surface area contributed by atoms with Crippen molar-refractivity contribution in [3.8, 4) is 5.75 Å². The second-order valence-electron chi connectivity index (χ2n) is 8.73. The van der Waals surface area contributed by atoms with Crippen LogP contribution in [-0.2, 0) is 0 Å². The third-order valence-electron chi connectivity index (χ3n) is 6.77. The molecule has 3 heterocycles. The maximum atomic E-state index is 15.3. The van der Waals surface area contributed by atoms with Crippen LogP contribution in [-0.4, -0.2) is 40.9 Å². The highest BCUT2D eigenvalue weighted by atomic mass is 19.1. The van der Waals surface area contributed by atoms with E-state index in [1.165, 1.54) is 6.20 Å². The van der Waals surface area contributed by atoms with Crippen molar-refractivity contribution in [2.75, 3.05) is 24.6 Å². The topological polar surface area (TPSA) is 97.8 Å². The van der Waals surface area contributed by atoms with Crippen molar-refractivity contribution in [1.82, 2.24) is 4.57 Å². The molecule has 3 N–H and O–H groups in total. The monoisotopic (exact) mass is 387 g/mol. The van der Waals surface area contributed by atoms with Crippen molar-refractivity contribution in [3.63, 3.8) is 0 Å². The molecule has 28 heavy (non-hydrogen) atoms. The van der Waals surface area contributed by atoms with Crippen LogP contribution in [0.15, 0.2) is 17.1 Å². The van der Waals surface area contributed by atoms with Crippen LogP contribution in [0.25, 0.3) is 10.9 Å². The van der Waals surface area contributed by atoms with Gasteiger partial charge in [0, 0.05) is 30.2 Å². The Morgan fingerprint density at radius 3 is 2.71 bits per heavy atom. The van der Waals surface area contributed by atoms with E-state index < -0.39 is 22.8 Å². The van der Waals surface area contributed by atoms with E-state index in [4.69, 9.17) is 10.5 Å². The van der Waals surface area contributed by atoms with E-state index in [-0.39, 0.29) is 29.0 Å².